The van der Waals surface area contributed by atoms with Gasteiger partial charge in [0.05, 0.1) is 11.5 Å². The Hall–Kier alpha value is -3.23. The van der Waals surface area contributed by atoms with E-state index in [1.165, 1.54) is 0 Å². The first-order valence-corrected chi connectivity index (χ1v) is 10.7. The van der Waals surface area contributed by atoms with E-state index in [0.29, 0.717) is 16.9 Å². The number of nitrogens with one attached hydrogen (secondary N) is 1. The van der Waals surface area contributed by atoms with Crippen molar-refractivity contribution in [3.63, 3.8) is 0 Å². The van der Waals surface area contributed by atoms with Crippen LogP contribution in [-0.4, -0.2) is 43.8 Å². The highest BCUT2D eigenvalue weighted by Gasteiger charge is 2.12. The van der Waals surface area contributed by atoms with E-state index in [4.69, 9.17) is 10.8 Å². The fourth-order valence-electron chi connectivity index (χ4n) is 2.86. The molecule has 1 aromatic heterocycles. The van der Waals surface area contributed by atoms with Gasteiger partial charge in [0, 0.05) is 35.7 Å². The van der Waals surface area contributed by atoms with E-state index < -0.39 is 9.84 Å². The Labute approximate surface area is 169 Å². The number of anilines is 1. The van der Waals surface area contributed by atoms with Crippen molar-refractivity contribution in [3.05, 3.63) is 66.4 Å². The van der Waals surface area contributed by atoms with Crippen LogP contribution in [0.3, 0.4) is 0 Å². The second-order valence-electron chi connectivity index (χ2n) is 6.51. The first kappa shape index (κ1) is 20.5. The summed E-state index contributed by atoms with van der Waals surface area (Å²) in [6.07, 6.45) is 2.78. The number of sulfone groups is 1. The summed E-state index contributed by atoms with van der Waals surface area (Å²) in [5.41, 5.74) is 9.45. The van der Waals surface area contributed by atoms with Gasteiger partial charge >= 0.3 is 0 Å². The molecule has 3 rings (SSSR count). The predicted molar refractivity (Wildman–Crippen MR) is 112 cm³/mol. The maximum Gasteiger partial charge on any atom is 0.251 e. The van der Waals surface area contributed by atoms with Crippen molar-refractivity contribution in [2.24, 2.45) is 0 Å². The van der Waals surface area contributed by atoms with Gasteiger partial charge in [-0.25, -0.2) is 13.4 Å². The lowest BCUT2D eigenvalue weighted by molar-refractivity contribution is 0.0945. The molecule has 2 aromatic carbocycles. The van der Waals surface area contributed by atoms with Crippen LogP contribution in [0, 0.1) is 0 Å². The zero-order chi connectivity index (χ0) is 21.0. The van der Waals surface area contributed by atoms with E-state index in [1.54, 1.807) is 48.7 Å². The third kappa shape index (κ3) is 4.79. The molecule has 0 atom stereocenters. The minimum atomic E-state index is -3.27. The summed E-state index contributed by atoms with van der Waals surface area (Å²) in [7, 11) is -3.27. The highest BCUT2D eigenvalue weighted by Crippen LogP contribution is 2.30. The SMILES string of the molecule is CS(=O)(=O)c1ccc(-c2cnc(N)c(-c3cccc(C(=O)NCCO)c3)c2)cc1. The van der Waals surface area contributed by atoms with Crippen LogP contribution in [0.15, 0.2) is 65.7 Å². The van der Waals surface area contributed by atoms with E-state index in [9.17, 15) is 13.2 Å². The molecule has 0 unspecified atom stereocenters. The normalized spacial score (nSPS) is 11.2. The Morgan fingerprint density at radius 2 is 1.79 bits per heavy atom. The summed E-state index contributed by atoms with van der Waals surface area (Å²) >= 11 is 0. The van der Waals surface area contributed by atoms with Crippen LogP contribution >= 0.6 is 0 Å². The minimum absolute atomic E-state index is 0.136. The number of hydrogen-bond donors (Lipinski definition) is 3. The van der Waals surface area contributed by atoms with E-state index >= 15 is 0 Å². The maximum atomic E-state index is 12.2. The standard InChI is InChI=1S/C21H21N3O4S/c1-29(27,28)18-7-5-14(6-8-18)17-12-19(20(22)24-13-17)15-3-2-4-16(11-15)21(26)23-9-10-25/h2-8,11-13,25H,9-10H2,1H3,(H2,22,24)(H,23,26). The van der Waals surface area contributed by atoms with Crippen molar-refractivity contribution < 1.29 is 18.3 Å². The molecule has 0 aliphatic heterocycles. The van der Waals surface area contributed by atoms with Gasteiger partial charge in [0.2, 0.25) is 0 Å². The smallest absolute Gasteiger partial charge is 0.251 e. The van der Waals surface area contributed by atoms with E-state index in [-0.39, 0.29) is 24.0 Å². The lowest BCUT2D eigenvalue weighted by atomic mass is 9.99. The summed E-state index contributed by atoms with van der Waals surface area (Å²) in [5.74, 6) is 0.0226. The Bertz CT molecular complexity index is 1140. The Balaban J connectivity index is 1.97. The van der Waals surface area contributed by atoms with Crippen LogP contribution in [0.5, 0.6) is 0 Å². The molecule has 0 saturated carbocycles. The van der Waals surface area contributed by atoms with Crippen molar-refractivity contribution in [1.29, 1.82) is 0 Å². The number of hydrogen-bond acceptors (Lipinski definition) is 6. The van der Waals surface area contributed by atoms with Crippen LogP contribution in [0.25, 0.3) is 22.3 Å². The molecule has 3 aromatic rings. The third-order valence-corrected chi connectivity index (χ3v) is 5.50. The van der Waals surface area contributed by atoms with Gasteiger partial charge in [-0.2, -0.15) is 0 Å². The highest BCUT2D eigenvalue weighted by atomic mass is 32.2. The van der Waals surface area contributed by atoms with Crippen LogP contribution in [0.2, 0.25) is 0 Å². The number of nitrogen functional groups attached to an aromatic ring is 1. The molecule has 7 nitrogen and oxygen atoms in total. The van der Waals surface area contributed by atoms with E-state index in [1.807, 2.05) is 12.1 Å². The van der Waals surface area contributed by atoms with Gasteiger partial charge in [-0.15, -0.1) is 0 Å². The van der Waals surface area contributed by atoms with Gasteiger partial charge in [0.1, 0.15) is 5.82 Å². The second-order valence-corrected chi connectivity index (χ2v) is 8.53. The van der Waals surface area contributed by atoms with Crippen LogP contribution < -0.4 is 11.1 Å². The quantitative estimate of drug-likeness (QED) is 0.571. The van der Waals surface area contributed by atoms with Crippen molar-refractivity contribution in [2.75, 3.05) is 25.1 Å². The van der Waals surface area contributed by atoms with Gasteiger partial charge in [0.15, 0.2) is 9.84 Å². The zero-order valence-corrected chi connectivity index (χ0v) is 16.6. The number of amides is 1. The first-order valence-electron chi connectivity index (χ1n) is 8.85. The number of aliphatic hydroxyl groups is 1. The molecule has 0 bridgehead atoms. The summed E-state index contributed by atoms with van der Waals surface area (Å²) in [5, 5.41) is 11.5. The average molecular weight is 411 g/mol. The number of aromatic nitrogens is 1. The molecular formula is C21H21N3O4S. The molecule has 0 aliphatic carbocycles. The molecule has 0 radical (unpaired) electrons. The van der Waals surface area contributed by atoms with Gasteiger partial charge in [-0.3, -0.25) is 4.79 Å². The molecule has 8 heteroatoms. The number of benzene rings is 2. The van der Waals surface area contributed by atoms with Gasteiger partial charge in [-0.05, 0) is 41.5 Å². The Kier molecular flexibility index (Phi) is 5.95. The second kappa shape index (κ2) is 8.42. The molecule has 1 amide bonds. The highest BCUT2D eigenvalue weighted by molar-refractivity contribution is 7.90. The van der Waals surface area contributed by atoms with Crippen molar-refractivity contribution in [2.45, 2.75) is 4.90 Å². The lowest BCUT2D eigenvalue weighted by Gasteiger charge is -2.10. The number of pyridine rings is 1. The lowest BCUT2D eigenvalue weighted by Crippen LogP contribution is -2.26. The average Bonchev–Trinajstić information content (AvgIpc) is 2.72. The van der Waals surface area contributed by atoms with Crippen molar-refractivity contribution in [3.8, 4) is 22.3 Å². The van der Waals surface area contributed by atoms with Crippen molar-refractivity contribution >= 4 is 21.6 Å². The predicted octanol–water partition coefficient (Wildman–Crippen LogP) is 2.12. The molecule has 4 N–H and O–H groups in total. The third-order valence-electron chi connectivity index (χ3n) is 4.37. The number of carbonyl (C=O) groups excluding carboxylic acids is 1. The molecule has 0 spiro atoms. The number of nitrogens with zero attached hydrogens (tertiary/aromatic N) is 1. The van der Waals surface area contributed by atoms with E-state index in [2.05, 4.69) is 10.3 Å². The zero-order valence-electron chi connectivity index (χ0n) is 15.8. The summed E-state index contributed by atoms with van der Waals surface area (Å²) < 4.78 is 23.3. The van der Waals surface area contributed by atoms with Gasteiger partial charge in [0.25, 0.3) is 5.91 Å². The Morgan fingerprint density at radius 1 is 1.07 bits per heavy atom. The maximum absolute atomic E-state index is 12.2. The monoisotopic (exact) mass is 411 g/mol. The van der Waals surface area contributed by atoms with Gasteiger partial charge < -0.3 is 16.2 Å². The Morgan fingerprint density at radius 3 is 2.45 bits per heavy atom. The number of nitrogens with two attached hydrogens (primary N) is 1. The molecule has 0 fully saturated rings. The summed E-state index contributed by atoms with van der Waals surface area (Å²) in [6, 6.07) is 15.3. The molecule has 0 aliphatic rings. The van der Waals surface area contributed by atoms with Crippen LogP contribution in [-0.2, 0) is 9.84 Å². The fraction of sp³-hybridized carbons (Fsp3) is 0.143. The topological polar surface area (TPSA) is 122 Å². The molecule has 1 heterocycles. The fourth-order valence-corrected chi connectivity index (χ4v) is 3.49. The number of rotatable bonds is 6. The van der Waals surface area contributed by atoms with Gasteiger partial charge in [-0.1, -0.05) is 24.3 Å². The number of carbonyl (C=O) groups is 1. The summed E-state index contributed by atoms with van der Waals surface area (Å²) in [6.45, 7) is 0.0359. The molecule has 150 valence electrons. The summed E-state index contributed by atoms with van der Waals surface area (Å²) in [4.78, 5) is 16.7. The van der Waals surface area contributed by atoms with Crippen LogP contribution in [0.1, 0.15) is 10.4 Å². The van der Waals surface area contributed by atoms with Crippen LogP contribution in [0.4, 0.5) is 5.82 Å². The first-order chi connectivity index (χ1) is 13.8. The van der Waals surface area contributed by atoms with E-state index in [0.717, 1.165) is 22.9 Å². The van der Waals surface area contributed by atoms with Crippen molar-refractivity contribution in [1.82, 2.24) is 10.3 Å². The molecule has 0 saturated heterocycles. The molecule has 29 heavy (non-hydrogen) atoms. The molecular weight excluding hydrogens is 390 g/mol. The number of aliphatic hydroxyl groups excluding tert-OH is 1. The largest absolute Gasteiger partial charge is 0.395 e. The minimum Gasteiger partial charge on any atom is -0.395 e.